The van der Waals surface area contributed by atoms with Crippen LogP contribution in [0, 0.1) is 17.0 Å². The van der Waals surface area contributed by atoms with Gasteiger partial charge in [-0.05, 0) is 36.5 Å². The lowest BCUT2D eigenvalue weighted by atomic mass is 10.1. The van der Waals surface area contributed by atoms with Gasteiger partial charge < -0.3 is 20.2 Å². The number of amides is 1. The molecule has 3 rings (SSSR count). The second-order valence-corrected chi connectivity index (χ2v) is 6.60. The third-order valence-corrected chi connectivity index (χ3v) is 4.55. The van der Waals surface area contributed by atoms with E-state index in [0.717, 1.165) is 38.4 Å². The number of aryl methyl sites for hydroxylation is 1. The summed E-state index contributed by atoms with van der Waals surface area (Å²) >= 11 is 0. The molecular weight excluding hydrogens is 350 g/mol. The van der Waals surface area contributed by atoms with Crippen LogP contribution < -0.4 is 5.32 Å². The average molecular weight is 373 g/mol. The summed E-state index contributed by atoms with van der Waals surface area (Å²) in [5.74, 6) is -0.542. The number of hydrogen-bond donors (Lipinski definition) is 1. The highest BCUT2D eigenvalue weighted by molar-refractivity contribution is 5.93. The van der Waals surface area contributed by atoms with Gasteiger partial charge >= 0.3 is 5.82 Å². The Morgan fingerprint density at radius 3 is 2.78 bits per heavy atom. The minimum atomic E-state index is -0.665. The van der Waals surface area contributed by atoms with Crippen LogP contribution in [0.15, 0.2) is 30.3 Å². The molecule has 1 saturated heterocycles. The first-order valence-corrected chi connectivity index (χ1v) is 8.84. The van der Waals surface area contributed by atoms with Crippen LogP contribution in [-0.2, 0) is 16.1 Å². The van der Waals surface area contributed by atoms with Crippen molar-refractivity contribution in [1.82, 2.24) is 14.7 Å². The molecule has 2 heterocycles. The topological polar surface area (TPSA) is 103 Å². The number of hydrogen-bond acceptors (Lipinski definition) is 6. The molecule has 0 saturated carbocycles. The number of anilines is 1. The average Bonchev–Trinajstić information content (AvgIpc) is 3.04. The van der Waals surface area contributed by atoms with Gasteiger partial charge in [0, 0.05) is 25.3 Å². The van der Waals surface area contributed by atoms with Gasteiger partial charge in [0.2, 0.25) is 0 Å². The maximum absolute atomic E-state index is 12.6. The number of benzene rings is 1. The molecule has 1 unspecified atom stereocenters. The fourth-order valence-electron chi connectivity index (χ4n) is 3.08. The van der Waals surface area contributed by atoms with Crippen molar-refractivity contribution in [2.24, 2.45) is 0 Å². The summed E-state index contributed by atoms with van der Waals surface area (Å²) in [7, 11) is 0. The van der Waals surface area contributed by atoms with Crippen molar-refractivity contribution in [3.05, 3.63) is 51.7 Å². The Labute approximate surface area is 157 Å². The summed E-state index contributed by atoms with van der Waals surface area (Å²) in [6.07, 6.45) is 0. The third kappa shape index (κ3) is 4.69. The zero-order valence-corrected chi connectivity index (χ0v) is 15.4. The van der Waals surface area contributed by atoms with E-state index in [2.05, 4.69) is 15.3 Å². The Morgan fingerprint density at radius 2 is 2.11 bits per heavy atom. The third-order valence-electron chi connectivity index (χ3n) is 4.55. The second-order valence-electron chi connectivity index (χ2n) is 6.60. The lowest BCUT2D eigenvalue weighted by molar-refractivity contribution is -0.389. The summed E-state index contributed by atoms with van der Waals surface area (Å²) in [6, 6.07) is 8.38. The van der Waals surface area contributed by atoms with Crippen LogP contribution in [0.5, 0.6) is 0 Å². The predicted molar refractivity (Wildman–Crippen MR) is 99.5 cm³/mol. The molecule has 1 aliphatic heterocycles. The van der Waals surface area contributed by atoms with Crippen molar-refractivity contribution in [2.75, 3.05) is 31.6 Å². The molecule has 0 aliphatic carbocycles. The molecule has 9 heteroatoms. The van der Waals surface area contributed by atoms with Crippen LogP contribution in [0.1, 0.15) is 24.2 Å². The first-order valence-electron chi connectivity index (χ1n) is 8.84. The molecular formula is C18H23N5O4. The molecule has 144 valence electrons. The summed E-state index contributed by atoms with van der Waals surface area (Å²) in [5.41, 5.74) is 2.36. The highest BCUT2D eigenvalue weighted by Crippen LogP contribution is 2.19. The van der Waals surface area contributed by atoms with Crippen LogP contribution in [0.2, 0.25) is 0 Å². The molecule has 9 nitrogen and oxygen atoms in total. The van der Waals surface area contributed by atoms with Gasteiger partial charge in [-0.1, -0.05) is 12.1 Å². The number of nitro groups is 1. The van der Waals surface area contributed by atoms with Gasteiger partial charge in [0.25, 0.3) is 5.91 Å². The Hall–Kier alpha value is -2.78. The van der Waals surface area contributed by atoms with E-state index in [-0.39, 0.29) is 11.7 Å². The van der Waals surface area contributed by atoms with Gasteiger partial charge in [0.1, 0.15) is 6.04 Å². The number of rotatable bonds is 6. The number of carbonyl (C=O) groups excluding carboxylic acids is 1. The van der Waals surface area contributed by atoms with E-state index in [9.17, 15) is 14.9 Å². The van der Waals surface area contributed by atoms with Crippen LogP contribution in [0.3, 0.4) is 0 Å². The minimum Gasteiger partial charge on any atom is -0.379 e. The fourth-order valence-corrected chi connectivity index (χ4v) is 3.08. The normalized spacial score (nSPS) is 16.1. The molecule has 2 aromatic rings. The molecule has 0 spiro atoms. The van der Waals surface area contributed by atoms with Gasteiger partial charge in [-0.3, -0.25) is 9.69 Å². The SMILES string of the molecule is Cc1cc([N+](=O)[O-])nn1C(C)C(=O)Nc1cccc(CN2CCOCC2)c1. The van der Waals surface area contributed by atoms with Crippen LogP contribution in [0.25, 0.3) is 0 Å². The molecule has 1 aliphatic rings. The van der Waals surface area contributed by atoms with E-state index in [1.807, 2.05) is 24.3 Å². The van der Waals surface area contributed by atoms with E-state index < -0.39 is 11.0 Å². The molecule has 1 aromatic heterocycles. The van der Waals surface area contributed by atoms with Gasteiger partial charge in [0.05, 0.1) is 30.1 Å². The predicted octanol–water partition coefficient (Wildman–Crippen LogP) is 2.13. The summed E-state index contributed by atoms with van der Waals surface area (Å²) in [5, 5.41) is 17.6. The molecule has 1 amide bonds. The van der Waals surface area contributed by atoms with Crippen LogP contribution in [0.4, 0.5) is 11.5 Å². The summed E-state index contributed by atoms with van der Waals surface area (Å²) in [4.78, 5) is 25.2. The Balaban J connectivity index is 1.66. The van der Waals surface area contributed by atoms with E-state index in [1.54, 1.807) is 13.8 Å². The van der Waals surface area contributed by atoms with E-state index in [4.69, 9.17) is 4.74 Å². The first kappa shape index (κ1) is 19.0. The van der Waals surface area contributed by atoms with Crippen molar-refractivity contribution in [2.45, 2.75) is 26.4 Å². The maximum atomic E-state index is 12.6. The lowest BCUT2D eigenvalue weighted by Crippen LogP contribution is -2.35. The summed E-state index contributed by atoms with van der Waals surface area (Å²) < 4.78 is 6.73. The van der Waals surface area contributed by atoms with Crippen LogP contribution >= 0.6 is 0 Å². The lowest BCUT2D eigenvalue weighted by Gasteiger charge is -2.26. The van der Waals surface area contributed by atoms with Crippen molar-refractivity contribution in [1.29, 1.82) is 0 Å². The first-order chi connectivity index (χ1) is 12.9. The standard InChI is InChI=1S/C18H23N5O4/c1-13-10-17(23(25)26)20-22(13)14(2)18(24)19-16-5-3-4-15(11-16)12-21-6-8-27-9-7-21/h3-5,10-11,14H,6-9,12H2,1-2H3,(H,19,24). The molecule has 1 atom stereocenters. The largest absolute Gasteiger partial charge is 0.390 e. The minimum absolute atomic E-state index is 0.264. The molecule has 0 radical (unpaired) electrons. The molecule has 1 N–H and O–H groups in total. The summed E-state index contributed by atoms with van der Waals surface area (Å²) in [6.45, 7) is 7.42. The van der Waals surface area contributed by atoms with Crippen LogP contribution in [-0.4, -0.2) is 51.8 Å². The Kier molecular flexibility index (Phi) is 5.82. The van der Waals surface area contributed by atoms with Gasteiger partial charge in [-0.15, -0.1) is 0 Å². The van der Waals surface area contributed by atoms with Crippen molar-refractivity contribution in [3.63, 3.8) is 0 Å². The fraction of sp³-hybridized carbons (Fsp3) is 0.444. The number of nitrogens with one attached hydrogen (secondary N) is 1. The van der Waals surface area contributed by atoms with Gasteiger partial charge in [-0.25, -0.2) is 0 Å². The highest BCUT2D eigenvalue weighted by Gasteiger charge is 2.24. The van der Waals surface area contributed by atoms with E-state index in [1.165, 1.54) is 10.7 Å². The Bertz CT molecular complexity index is 829. The zero-order valence-electron chi connectivity index (χ0n) is 15.4. The molecule has 1 fully saturated rings. The van der Waals surface area contributed by atoms with Crippen molar-refractivity contribution >= 4 is 17.4 Å². The number of carbonyl (C=O) groups is 1. The van der Waals surface area contributed by atoms with Crippen molar-refractivity contribution in [3.8, 4) is 0 Å². The van der Waals surface area contributed by atoms with E-state index >= 15 is 0 Å². The highest BCUT2D eigenvalue weighted by atomic mass is 16.6. The quantitative estimate of drug-likeness (QED) is 0.615. The molecule has 1 aromatic carbocycles. The zero-order chi connectivity index (χ0) is 19.4. The maximum Gasteiger partial charge on any atom is 0.390 e. The molecule has 0 bridgehead atoms. The number of aromatic nitrogens is 2. The van der Waals surface area contributed by atoms with Gasteiger partial charge in [-0.2, -0.15) is 4.68 Å². The number of ether oxygens (including phenoxy) is 1. The number of nitrogens with zero attached hydrogens (tertiary/aromatic N) is 4. The smallest absolute Gasteiger partial charge is 0.379 e. The number of morpholine rings is 1. The van der Waals surface area contributed by atoms with Crippen molar-refractivity contribution < 1.29 is 14.5 Å². The monoisotopic (exact) mass is 373 g/mol. The molecule has 27 heavy (non-hydrogen) atoms. The van der Waals surface area contributed by atoms with E-state index in [0.29, 0.717) is 11.4 Å². The second kappa shape index (κ2) is 8.28. The Morgan fingerprint density at radius 1 is 1.37 bits per heavy atom. The van der Waals surface area contributed by atoms with Gasteiger partial charge in [0.15, 0.2) is 0 Å².